The Balaban J connectivity index is 1.39. The number of amides is 2. The maximum Gasteiger partial charge on any atom is 0.251 e. The first-order chi connectivity index (χ1) is 20.2. The van der Waals surface area contributed by atoms with Crippen LogP contribution < -0.4 is 19.7 Å². The Labute approximate surface area is 250 Å². The predicted molar refractivity (Wildman–Crippen MR) is 164 cm³/mol. The Hall–Kier alpha value is -4.31. The number of nitrogens with zero attached hydrogens (tertiary/aromatic N) is 4. The van der Waals surface area contributed by atoms with Gasteiger partial charge in [0.1, 0.15) is 11.5 Å². The summed E-state index contributed by atoms with van der Waals surface area (Å²) in [6.07, 6.45) is 0.840. The average molecular weight is 586 g/mol. The second-order valence-electron chi connectivity index (χ2n) is 11.0. The molecule has 0 saturated heterocycles. The zero-order valence-corrected chi connectivity index (χ0v) is 25.3. The van der Waals surface area contributed by atoms with E-state index in [1.807, 2.05) is 53.4 Å². The van der Waals surface area contributed by atoms with E-state index in [2.05, 4.69) is 42.4 Å². The molecule has 218 valence electrons. The first-order valence-electron chi connectivity index (χ1n) is 13.8. The molecule has 9 nitrogen and oxygen atoms in total. The van der Waals surface area contributed by atoms with E-state index in [4.69, 9.17) is 9.47 Å². The molecule has 10 heteroatoms. The number of benzene rings is 3. The average Bonchev–Trinajstić information content (AvgIpc) is 3.62. The second-order valence-corrected chi connectivity index (χ2v) is 11.9. The van der Waals surface area contributed by atoms with Crippen molar-refractivity contribution < 1.29 is 19.1 Å². The standard InChI is InChI=1S/C32H35N5O4S/c1-32(2,3)23-12-10-22(11-13-23)30(39)33-19-28-34-35-31(37(28)26-18-24(40-4)14-15-27(26)41-5)42-20-29(38)36-17-16-21-8-6-7-9-25(21)36/h6-15,18H,16-17,19-20H2,1-5H3,(H,33,39). The number of methoxy groups -OCH3 is 2. The van der Waals surface area contributed by atoms with Crippen molar-refractivity contribution in [3.05, 3.63) is 89.2 Å². The summed E-state index contributed by atoms with van der Waals surface area (Å²) in [6.45, 7) is 7.17. The summed E-state index contributed by atoms with van der Waals surface area (Å²) in [5.41, 5.74) is 4.47. The summed E-state index contributed by atoms with van der Waals surface area (Å²) in [6, 6.07) is 21.0. The molecule has 1 N–H and O–H groups in total. The summed E-state index contributed by atoms with van der Waals surface area (Å²) in [5.74, 6) is 1.62. The first-order valence-corrected chi connectivity index (χ1v) is 14.7. The maximum absolute atomic E-state index is 13.3. The van der Waals surface area contributed by atoms with E-state index in [0.29, 0.717) is 40.3 Å². The van der Waals surface area contributed by atoms with Crippen LogP contribution in [0.2, 0.25) is 0 Å². The van der Waals surface area contributed by atoms with E-state index in [0.717, 1.165) is 17.7 Å². The van der Waals surface area contributed by atoms with Gasteiger partial charge in [0.15, 0.2) is 11.0 Å². The number of fused-ring (bicyclic) bond motifs is 1. The largest absolute Gasteiger partial charge is 0.497 e. The van der Waals surface area contributed by atoms with Crippen LogP contribution in [-0.2, 0) is 23.2 Å². The maximum atomic E-state index is 13.3. The number of ether oxygens (including phenoxy) is 2. The number of rotatable bonds is 9. The Morgan fingerprint density at radius 2 is 1.71 bits per heavy atom. The predicted octanol–water partition coefficient (Wildman–Crippen LogP) is 5.19. The fourth-order valence-corrected chi connectivity index (χ4v) is 5.75. The minimum atomic E-state index is -0.223. The summed E-state index contributed by atoms with van der Waals surface area (Å²) >= 11 is 1.29. The quantitative estimate of drug-likeness (QED) is 0.270. The Kier molecular flexibility index (Phi) is 8.54. The van der Waals surface area contributed by atoms with Gasteiger partial charge in [-0.25, -0.2) is 0 Å². The Bertz CT molecular complexity index is 1590. The second kappa shape index (κ2) is 12.3. The lowest BCUT2D eigenvalue weighted by molar-refractivity contribution is -0.116. The number of hydrogen-bond acceptors (Lipinski definition) is 7. The number of aromatic nitrogens is 3. The fraction of sp³-hybridized carbons (Fsp3) is 0.312. The van der Waals surface area contributed by atoms with E-state index in [9.17, 15) is 9.59 Å². The van der Waals surface area contributed by atoms with Crippen molar-refractivity contribution >= 4 is 29.3 Å². The third-order valence-corrected chi connectivity index (χ3v) is 8.17. The lowest BCUT2D eigenvalue weighted by atomic mass is 9.87. The molecule has 4 aromatic rings. The highest BCUT2D eigenvalue weighted by atomic mass is 32.2. The van der Waals surface area contributed by atoms with Crippen molar-refractivity contribution in [3.63, 3.8) is 0 Å². The Morgan fingerprint density at radius 1 is 0.952 bits per heavy atom. The molecule has 0 saturated carbocycles. The number of carbonyl (C=O) groups excluding carboxylic acids is 2. The van der Waals surface area contributed by atoms with Crippen LogP contribution in [0, 0.1) is 0 Å². The molecule has 0 aliphatic carbocycles. The van der Waals surface area contributed by atoms with Crippen LogP contribution in [0.25, 0.3) is 5.69 Å². The van der Waals surface area contributed by atoms with Gasteiger partial charge in [0.2, 0.25) is 5.91 Å². The molecule has 0 radical (unpaired) electrons. The van der Waals surface area contributed by atoms with Gasteiger partial charge in [-0.3, -0.25) is 14.2 Å². The van der Waals surface area contributed by atoms with Gasteiger partial charge in [-0.2, -0.15) is 0 Å². The van der Waals surface area contributed by atoms with Crippen molar-refractivity contribution in [1.29, 1.82) is 0 Å². The Morgan fingerprint density at radius 3 is 2.43 bits per heavy atom. The summed E-state index contributed by atoms with van der Waals surface area (Å²) in [4.78, 5) is 28.1. The van der Waals surface area contributed by atoms with E-state index in [1.165, 1.54) is 17.3 Å². The molecule has 0 atom stereocenters. The van der Waals surface area contributed by atoms with E-state index in [1.54, 1.807) is 30.9 Å². The molecule has 2 amide bonds. The molecule has 3 aromatic carbocycles. The monoisotopic (exact) mass is 585 g/mol. The minimum absolute atomic E-state index is 0.00512. The fourth-order valence-electron chi connectivity index (χ4n) is 4.91. The van der Waals surface area contributed by atoms with Crippen LogP contribution >= 0.6 is 11.8 Å². The molecule has 0 bridgehead atoms. The lowest BCUT2D eigenvalue weighted by Crippen LogP contribution is -2.30. The van der Waals surface area contributed by atoms with Crippen LogP contribution in [0.15, 0.2) is 71.9 Å². The minimum Gasteiger partial charge on any atom is -0.497 e. The third kappa shape index (κ3) is 6.13. The molecule has 0 spiro atoms. The van der Waals surface area contributed by atoms with Crippen LogP contribution in [0.4, 0.5) is 5.69 Å². The van der Waals surface area contributed by atoms with Gasteiger partial charge in [0.05, 0.1) is 32.2 Å². The topological polar surface area (TPSA) is 98.6 Å². The van der Waals surface area contributed by atoms with Crippen molar-refractivity contribution in [1.82, 2.24) is 20.1 Å². The van der Waals surface area contributed by atoms with E-state index >= 15 is 0 Å². The highest BCUT2D eigenvalue weighted by Crippen LogP contribution is 2.33. The number of anilines is 1. The summed E-state index contributed by atoms with van der Waals surface area (Å²) in [5, 5.41) is 12.3. The van der Waals surface area contributed by atoms with Gasteiger partial charge in [-0.05, 0) is 53.3 Å². The zero-order chi connectivity index (χ0) is 29.9. The van der Waals surface area contributed by atoms with Crippen molar-refractivity contribution in [2.24, 2.45) is 0 Å². The molecule has 5 rings (SSSR count). The van der Waals surface area contributed by atoms with Gasteiger partial charge in [-0.1, -0.05) is 62.9 Å². The van der Waals surface area contributed by atoms with Crippen LogP contribution in [-0.4, -0.2) is 53.1 Å². The molecule has 0 fully saturated rings. The number of hydrogen-bond donors (Lipinski definition) is 1. The number of nitrogens with one attached hydrogen (secondary N) is 1. The van der Waals surface area contributed by atoms with Gasteiger partial charge in [0.25, 0.3) is 5.91 Å². The molecule has 1 aliphatic heterocycles. The number of thioether (sulfide) groups is 1. The zero-order valence-electron chi connectivity index (χ0n) is 24.5. The van der Waals surface area contributed by atoms with Crippen LogP contribution in [0.5, 0.6) is 11.5 Å². The van der Waals surface area contributed by atoms with Crippen molar-refractivity contribution in [3.8, 4) is 17.2 Å². The molecule has 0 unspecified atom stereocenters. The van der Waals surface area contributed by atoms with Gasteiger partial charge < -0.3 is 19.7 Å². The normalized spacial score (nSPS) is 12.6. The third-order valence-electron chi connectivity index (χ3n) is 7.26. The number of para-hydroxylation sites is 1. The summed E-state index contributed by atoms with van der Waals surface area (Å²) < 4.78 is 12.9. The number of carbonyl (C=O) groups is 2. The van der Waals surface area contributed by atoms with Gasteiger partial charge in [0, 0.05) is 23.9 Å². The molecular formula is C32H35N5O4S. The molecule has 1 aliphatic rings. The molecule has 42 heavy (non-hydrogen) atoms. The molecule has 1 aromatic heterocycles. The highest BCUT2D eigenvalue weighted by Gasteiger charge is 2.26. The van der Waals surface area contributed by atoms with Gasteiger partial charge >= 0.3 is 0 Å². The van der Waals surface area contributed by atoms with E-state index in [-0.39, 0.29) is 29.5 Å². The molecule has 2 heterocycles. The van der Waals surface area contributed by atoms with Crippen molar-refractivity contribution in [2.75, 3.05) is 31.4 Å². The lowest BCUT2D eigenvalue weighted by Gasteiger charge is -2.19. The smallest absolute Gasteiger partial charge is 0.251 e. The van der Waals surface area contributed by atoms with Gasteiger partial charge in [-0.15, -0.1) is 10.2 Å². The summed E-state index contributed by atoms with van der Waals surface area (Å²) in [7, 11) is 3.17. The van der Waals surface area contributed by atoms with E-state index < -0.39 is 0 Å². The van der Waals surface area contributed by atoms with Crippen LogP contribution in [0.3, 0.4) is 0 Å². The molecular weight excluding hydrogens is 550 g/mol. The highest BCUT2D eigenvalue weighted by molar-refractivity contribution is 7.99. The SMILES string of the molecule is COc1ccc(OC)c(-n2c(CNC(=O)c3ccc(C(C)(C)C)cc3)nnc2SCC(=O)N2CCc3ccccc32)c1. The van der Waals surface area contributed by atoms with Crippen molar-refractivity contribution in [2.45, 2.75) is 44.3 Å². The first kappa shape index (κ1) is 29.2. The van der Waals surface area contributed by atoms with Crippen LogP contribution in [0.1, 0.15) is 48.1 Å².